The predicted octanol–water partition coefficient (Wildman–Crippen LogP) is 1.86. The Labute approximate surface area is 117 Å². The second kappa shape index (κ2) is 6.86. The van der Waals surface area contributed by atoms with Gasteiger partial charge in [-0.2, -0.15) is 0 Å². The molecule has 106 valence electrons. The van der Waals surface area contributed by atoms with E-state index >= 15 is 0 Å². The van der Waals surface area contributed by atoms with E-state index < -0.39 is 0 Å². The first-order valence-corrected chi connectivity index (χ1v) is 7.33. The number of methoxy groups -OCH3 is 2. The van der Waals surface area contributed by atoms with E-state index in [1.165, 1.54) is 13.5 Å². The van der Waals surface area contributed by atoms with E-state index in [0.29, 0.717) is 18.9 Å². The molecule has 1 aliphatic heterocycles. The van der Waals surface area contributed by atoms with Gasteiger partial charge in [-0.15, -0.1) is 11.3 Å². The summed E-state index contributed by atoms with van der Waals surface area (Å²) in [4.78, 5) is 19.0. The lowest BCUT2D eigenvalue weighted by Crippen LogP contribution is -2.32. The maximum absolute atomic E-state index is 11.1. The van der Waals surface area contributed by atoms with Crippen LogP contribution >= 0.6 is 11.3 Å². The Bertz CT molecular complexity index is 422. The number of anilines is 1. The Morgan fingerprint density at radius 3 is 3.16 bits per heavy atom. The maximum Gasteiger partial charge on any atom is 0.305 e. The van der Waals surface area contributed by atoms with Crippen molar-refractivity contribution in [2.24, 2.45) is 0 Å². The molecular formula is C13H20N2O3S. The van der Waals surface area contributed by atoms with Crippen LogP contribution in [0.1, 0.15) is 24.1 Å². The SMILES string of the molecule is COC[C@@H]1CCCN1c1ncc(CCC(=O)OC)s1. The van der Waals surface area contributed by atoms with Crippen molar-refractivity contribution in [3.05, 3.63) is 11.1 Å². The molecule has 0 aliphatic carbocycles. The molecule has 1 aromatic heterocycles. The van der Waals surface area contributed by atoms with Crippen LogP contribution in [0.5, 0.6) is 0 Å². The van der Waals surface area contributed by atoms with Gasteiger partial charge in [0, 0.05) is 24.7 Å². The smallest absolute Gasteiger partial charge is 0.305 e. The lowest BCUT2D eigenvalue weighted by atomic mass is 10.2. The van der Waals surface area contributed by atoms with Crippen LogP contribution in [0.4, 0.5) is 5.13 Å². The molecule has 1 fully saturated rings. The van der Waals surface area contributed by atoms with E-state index in [9.17, 15) is 4.79 Å². The van der Waals surface area contributed by atoms with Crippen LogP contribution in [-0.4, -0.2) is 44.4 Å². The molecule has 0 bridgehead atoms. The number of hydrogen-bond acceptors (Lipinski definition) is 6. The second-order valence-electron chi connectivity index (χ2n) is 4.63. The zero-order chi connectivity index (χ0) is 13.7. The molecule has 0 aromatic carbocycles. The quantitative estimate of drug-likeness (QED) is 0.746. The fourth-order valence-corrected chi connectivity index (χ4v) is 3.33. The number of ether oxygens (including phenoxy) is 2. The van der Waals surface area contributed by atoms with Gasteiger partial charge < -0.3 is 14.4 Å². The largest absolute Gasteiger partial charge is 0.469 e. The molecule has 5 nitrogen and oxygen atoms in total. The monoisotopic (exact) mass is 284 g/mol. The van der Waals surface area contributed by atoms with E-state index in [1.54, 1.807) is 18.4 Å². The predicted molar refractivity (Wildman–Crippen MR) is 74.7 cm³/mol. The molecule has 2 heterocycles. The van der Waals surface area contributed by atoms with Gasteiger partial charge in [-0.3, -0.25) is 4.79 Å². The topological polar surface area (TPSA) is 51.7 Å². The normalized spacial score (nSPS) is 18.8. The maximum atomic E-state index is 11.1. The number of esters is 1. The number of nitrogens with zero attached hydrogens (tertiary/aromatic N) is 2. The number of aromatic nitrogens is 1. The molecule has 19 heavy (non-hydrogen) atoms. The molecular weight excluding hydrogens is 264 g/mol. The summed E-state index contributed by atoms with van der Waals surface area (Å²) in [6, 6.07) is 0.435. The summed E-state index contributed by atoms with van der Waals surface area (Å²) in [5, 5.41) is 1.04. The van der Waals surface area contributed by atoms with Gasteiger partial charge in [-0.1, -0.05) is 0 Å². The lowest BCUT2D eigenvalue weighted by molar-refractivity contribution is -0.140. The van der Waals surface area contributed by atoms with Crippen molar-refractivity contribution in [2.75, 3.05) is 32.3 Å². The summed E-state index contributed by atoms with van der Waals surface area (Å²) in [6.45, 7) is 1.79. The summed E-state index contributed by atoms with van der Waals surface area (Å²) in [5.74, 6) is -0.173. The molecule has 1 atom stereocenters. The number of carbonyl (C=O) groups is 1. The van der Waals surface area contributed by atoms with Gasteiger partial charge in [0.2, 0.25) is 0 Å². The summed E-state index contributed by atoms with van der Waals surface area (Å²) >= 11 is 1.66. The van der Waals surface area contributed by atoms with Crippen molar-refractivity contribution < 1.29 is 14.3 Å². The highest BCUT2D eigenvalue weighted by molar-refractivity contribution is 7.15. The first-order chi connectivity index (χ1) is 9.24. The van der Waals surface area contributed by atoms with Crippen LogP contribution in [0, 0.1) is 0 Å². The number of thiazole rings is 1. The fraction of sp³-hybridized carbons (Fsp3) is 0.692. The molecule has 0 N–H and O–H groups in total. The van der Waals surface area contributed by atoms with E-state index in [1.807, 2.05) is 6.20 Å². The van der Waals surface area contributed by atoms with Gasteiger partial charge >= 0.3 is 5.97 Å². The second-order valence-corrected chi connectivity index (χ2v) is 5.72. The van der Waals surface area contributed by atoms with Gasteiger partial charge in [-0.25, -0.2) is 4.98 Å². The third kappa shape index (κ3) is 3.67. The van der Waals surface area contributed by atoms with Crippen molar-refractivity contribution in [1.82, 2.24) is 4.98 Å². The van der Waals surface area contributed by atoms with Crippen LogP contribution in [0.15, 0.2) is 6.20 Å². The van der Waals surface area contributed by atoms with Gasteiger partial charge in [0.1, 0.15) is 0 Å². The van der Waals surface area contributed by atoms with Gasteiger partial charge in [0.15, 0.2) is 5.13 Å². The zero-order valence-corrected chi connectivity index (χ0v) is 12.2. The van der Waals surface area contributed by atoms with Crippen molar-refractivity contribution in [1.29, 1.82) is 0 Å². The van der Waals surface area contributed by atoms with Crippen molar-refractivity contribution in [3.63, 3.8) is 0 Å². The van der Waals surface area contributed by atoms with Crippen LogP contribution in [0.2, 0.25) is 0 Å². The molecule has 0 amide bonds. The van der Waals surface area contributed by atoms with E-state index in [4.69, 9.17) is 4.74 Å². The third-order valence-electron chi connectivity index (χ3n) is 3.33. The summed E-state index contributed by atoms with van der Waals surface area (Å²) in [5.41, 5.74) is 0. The number of rotatable bonds is 6. The molecule has 6 heteroatoms. The fourth-order valence-electron chi connectivity index (χ4n) is 2.33. The minimum Gasteiger partial charge on any atom is -0.469 e. The Morgan fingerprint density at radius 2 is 2.42 bits per heavy atom. The Balaban J connectivity index is 1.94. The zero-order valence-electron chi connectivity index (χ0n) is 11.4. The highest BCUT2D eigenvalue weighted by Crippen LogP contribution is 2.30. The molecule has 2 rings (SSSR count). The van der Waals surface area contributed by atoms with Crippen LogP contribution in [-0.2, 0) is 20.7 Å². The van der Waals surface area contributed by atoms with Crippen molar-refractivity contribution in [3.8, 4) is 0 Å². The first-order valence-electron chi connectivity index (χ1n) is 6.51. The molecule has 1 saturated heterocycles. The summed E-state index contributed by atoms with van der Waals surface area (Å²) < 4.78 is 9.90. The van der Waals surface area contributed by atoms with Crippen molar-refractivity contribution >= 4 is 22.4 Å². The minimum atomic E-state index is -0.173. The first kappa shape index (κ1) is 14.3. The minimum absolute atomic E-state index is 0.173. The van der Waals surface area contributed by atoms with Crippen LogP contribution < -0.4 is 4.90 Å². The van der Waals surface area contributed by atoms with E-state index in [2.05, 4.69) is 14.6 Å². The molecule has 1 aliphatic rings. The van der Waals surface area contributed by atoms with Crippen LogP contribution in [0.3, 0.4) is 0 Å². The Morgan fingerprint density at radius 1 is 1.58 bits per heavy atom. The van der Waals surface area contributed by atoms with E-state index in [0.717, 1.165) is 29.6 Å². The number of aryl methyl sites for hydroxylation is 1. The molecule has 0 saturated carbocycles. The van der Waals surface area contributed by atoms with Gasteiger partial charge in [0.05, 0.1) is 26.2 Å². The Hall–Kier alpha value is -1.14. The third-order valence-corrected chi connectivity index (χ3v) is 4.42. The molecule has 0 spiro atoms. The van der Waals surface area contributed by atoms with Crippen LogP contribution in [0.25, 0.3) is 0 Å². The molecule has 1 aromatic rings. The average molecular weight is 284 g/mol. The number of hydrogen-bond donors (Lipinski definition) is 0. The van der Waals surface area contributed by atoms with Crippen molar-refractivity contribution in [2.45, 2.75) is 31.7 Å². The standard InChI is InChI=1S/C13H20N2O3S/c1-17-9-10-4-3-7-15(10)13-14-8-11(19-13)5-6-12(16)18-2/h8,10H,3-7,9H2,1-2H3/t10-/m0/s1. The highest BCUT2D eigenvalue weighted by atomic mass is 32.1. The number of carbonyl (C=O) groups excluding carboxylic acids is 1. The summed E-state index contributed by atoms with van der Waals surface area (Å²) in [6.07, 6.45) is 5.33. The average Bonchev–Trinajstić information content (AvgIpc) is 3.04. The summed E-state index contributed by atoms with van der Waals surface area (Å²) in [7, 11) is 3.15. The lowest BCUT2D eigenvalue weighted by Gasteiger charge is -2.23. The van der Waals surface area contributed by atoms with Gasteiger partial charge in [-0.05, 0) is 19.3 Å². The molecule has 0 radical (unpaired) electrons. The highest BCUT2D eigenvalue weighted by Gasteiger charge is 2.26. The van der Waals surface area contributed by atoms with E-state index in [-0.39, 0.29) is 5.97 Å². The Kier molecular flexibility index (Phi) is 5.15. The molecule has 0 unspecified atom stereocenters. The van der Waals surface area contributed by atoms with Gasteiger partial charge in [0.25, 0.3) is 0 Å².